The Balaban J connectivity index is 2.02. The standard InChI is InChI=1S/C14H14ClN3O3/c15-10-5-4-8(7-16)6-12(10)18-14(21)17-11-3-1-2-9(11)13(19)20/h4-6,9,11H,1-3H2,(H,19,20)(H2,17,18,21). The molecular weight excluding hydrogens is 294 g/mol. The Morgan fingerprint density at radius 1 is 1.38 bits per heavy atom. The maximum Gasteiger partial charge on any atom is 0.319 e. The van der Waals surface area contributed by atoms with Crippen molar-refractivity contribution in [3.05, 3.63) is 28.8 Å². The van der Waals surface area contributed by atoms with Gasteiger partial charge in [-0.25, -0.2) is 4.79 Å². The van der Waals surface area contributed by atoms with E-state index in [2.05, 4.69) is 10.6 Å². The lowest BCUT2D eigenvalue weighted by Crippen LogP contribution is -2.42. The molecule has 1 fully saturated rings. The van der Waals surface area contributed by atoms with E-state index in [1.54, 1.807) is 6.07 Å². The van der Waals surface area contributed by atoms with Crippen LogP contribution >= 0.6 is 11.6 Å². The lowest BCUT2D eigenvalue weighted by molar-refractivity contribution is -0.142. The number of hydrogen-bond acceptors (Lipinski definition) is 3. The molecule has 1 saturated carbocycles. The second-order valence-corrected chi connectivity index (χ2v) is 5.29. The third kappa shape index (κ3) is 3.64. The summed E-state index contributed by atoms with van der Waals surface area (Å²) in [6.45, 7) is 0. The zero-order valence-corrected chi connectivity index (χ0v) is 11.9. The minimum absolute atomic E-state index is 0.311. The average molecular weight is 308 g/mol. The van der Waals surface area contributed by atoms with Crippen molar-refractivity contribution < 1.29 is 14.7 Å². The molecule has 1 aliphatic rings. The summed E-state index contributed by atoms with van der Waals surface area (Å²) in [4.78, 5) is 23.0. The van der Waals surface area contributed by atoms with Crippen molar-refractivity contribution in [3.8, 4) is 6.07 Å². The number of carbonyl (C=O) groups is 2. The van der Waals surface area contributed by atoms with Crippen LogP contribution in [0.5, 0.6) is 0 Å². The quantitative estimate of drug-likeness (QED) is 0.798. The van der Waals surface area contributed by atoms with Gasteiger partial charge in [0.05, 0.1) is 28.3 Å². The zero-order chi connectivity index (χ0) is 15.4. The van der Waals surface area contributed by atoms with Gasteiger partial charge in [0, 0.05) is 6.04 Å². The number of nitrogens with one attached hydrogen (secondary N) is 2. The first-order valence-corrected chi connectivity index (χ1v) is 6.89. The Hall–Kier alpha value is -2.26. The maximum atomic E-state index is 11.9. The number of carboxylic acid groups (broad SMARTS) is 1. The molecule has 3 N–H and O–H groups in total. The van der Waals surface area contributed by atoms with Gasteiger partial charge in [0.15, 0.2) is 0 Å². The van der Waals surface area contributed by atoms with Crippen LogP contribution in [0, 0.1) is 17.2 Å². The number of nitrogens with zero attached hydrogens (tertiary/aromatic N) is 1. The van der Waals surface area contributed by atoms with Crippen molar-refractivity contribution in [2.75, 3.05) is 5.32 Å². The molecule has 0 aromatic heterocycles. The first-order chi connectivity index (χ1) is 10.0. The lowest BCUT2D eigenvalue weighted by Gasteiger charge is -2.18. The summed E-state index contributed by atoms with van der Waals surface area (Å²) >= 11 is 5.95. The van der Waals surface area contributed by atoms with Crippen LogP contribution in [-0.4, -0.2) is 23.1 Å². The van der Waals surface area contributed by atoms with E-state index >= 15 is 0 Å². The van der Waals surface area contributed by atoms with Crippen molar-refractivity contribution >= 4 is 29.3 Å². The van der Waals surface area contributed by atoms with Gasteiger partial charge in [-0.05, 0) is 31.0 Å². The summed E-state index contributed by atoms with van der Waals surface area (Å²) in [5.74, 6) is -1.46. The van der Waals surface area contributed by atoms with Crippen molar-refractivity contribution in [2.45, 2.75) is 25.3 Å². The molecular formula is C14H14ClN3O3. The number of halogens is 1. The Morgan fingerprint density at radius 2 is 2.14 bits per heavy atom. The molecule has 1 aromatic rings. The molecule has 2 unspecified atom stereocenters. The highest BCUT2D eigenvalue weighted by atomic mass is 35.5. The molecule has 1 aliphatic carbocycles. The van der Waals surface area contributed by atoms with Crippen LogP contribution in [0.4, 0.5) is 10.5 Å². The van der Waals surface area contributed by atoms with E-state index in [0.29, 0.717) is 29.1 Å². The van der Waals surface area contributed by atoms with Crippen LogP contribution in [0.25, 0.3) is 0 Å². The first kappa shape index (κ1) is 15.1. The van der Waals surface area contributed by atoms with Gasteiger partial charge in [-0.2, -0.15) is 5.26 Å². The molecule has 0 aliphatic heterocycles. The van der Waals surface area contributed by atoms with Gasteiger partial charge in [0.1, 0.15) is 0 Å². The summed E-state index contributed by atoms with van der Waals surface area (Å²) < 4.78 is 0. The molecule has 7 heteroatoms. The van der Waals surface area contributed by atoms with Gasteiger partial charge in [-0.15, -0.1) is 0 Å². The molecule has 0 bridgehead atoms. The number of benzene rings is 1. The third-order valence-corrected chi connectivity index (χ3v) is 3.82. The van der Waals surface area contributed by atoms with E-state index in [-0.39, 0.29) is 6.04 Å². The van der Waals surface area contributed by atoms with Crippen molar-refractivity contribution in [3.63, 3.8) is 0 Å². The second-order valence-electron chi connectivity index (χ2n) is 4.89. The van der Waals surface area contributed by atoms with Crippen molar-refractivity contribution in [1.29, 1.82) is 5.26 Å². The monoisotopic (exact) mass is 307 g/mol. The Bertz CT molecular complexity index is 612. The van der Waals surface area contributed by atoms with Gasteiger partial charge >= 0.3 is 12.0 Å². The maximum absolute atomic E-state index is 11.9. The van der Waals surface area contributed by atoms with Gasteiger partial charge < -0.3 is 15.7 Å². The highest BCUT2D eigenvalue weighted by Crippen LogP contribution is 2.26. The predicted molar refractivity (Wildman–Crippen MR) is 77.1 cm³/mol. The summed E-state index contributed by atoms with van der Waals surface area (Å²) in [6, 6.07) is 5.57. The van der Waals surface area contributed by atoms with Crippen LogP contribution in [0.15, 0.2) is 18.2 Å². The van der Waals surface area contributed by atoms with Gasteiger partial charge in [-0.1, -0.05) is 18.0 Å². The zero-order valence-electron chi connectivity index (χ0n) is 11.1. The van der Waals surface area contributed by atoms with Crippen LogP contribution < -0.4 is 10.6 Å². The van der Waals surface area contributed by atoms with E-state index in [9.17, 15) is 9.59 Å². The summed E-state index contributed by atoms with van der Waals surface area (Å²) in [6.07, 6.45) is 1.97. The molecule has 6 nitrogen and oxygen atoms in total. The summed E-state index contributed by atoms with van der Waals surface area (Å²) in [5.41, 5.74) is 0.692. The number of hydrogen-bond donors (Lipinski definition) is 3. The lowest BCUT2D eigenvalue weighted by atomic mass is 10.0. The molecule has 110 valence electrons. The SMILES string of the molecule is N#Cc1ccc(Cl)c(NC(=O)NC2CCCC2C(=O)O)c1. The molecule has 2 amide bonds. The van der Waals surface area contributed by atoms with Crippen LogP contribution in [0.1, 0.15) is 24.8 Å². The van der Waals surface area contributed by atoms with Gasteiger partial charge in [-0.3, -0.25) is 4.79 Å². The molecule has 0 spiro atoms. The number of carboxylic acids is 1. The van der Waals surface area contributed by atoms with E-state index in [4.69, 9.17) is 22.0 Å². The first-order valence-electron chi connectivity index (χ1n) is 6.51. The molecule has 2 rings (SSSR count). The van der Waals surface area contributed by atoms with E-state index in [1.807, 2.05) is 6.07 Å². The fraction of sp³-hybridized carbons (Fsp3) is 0.357. The third-order valence-electron chi connectivity index (χ3n) is 3.49. The molecule has 0 heterocycles. The number of nitriles is 1. The van der Waals surface area contributed by atoms with Crippen LogP contribution in [0.2, 0.25) is 5.02 Å². The van der Waals surface area contributed by atoms with Gasteiger partial charge in [0.25, 0.3) is 0 Å². The Kier molecular flexibility index (Phi) is 4.66. The molecule has 2 atom stereocenters. The number of carbonyl (C=O) groups excluding carboxylic acids is 1. The van der Waals surface area contributed by atoms with E-state index in [0.717, 1.165) is 6.42 Å². The molecule has 1 aromatic carbocycles. The molecule has 0 radical (unpaired) electrons. The van der Waals surface area contributed by atoms with Gasteiger partial charge in [0.2, 0.25) is 0 Å². The van der Waals surface area contributed by atoms with Crippen molar-refractivity contribution in [1.82, 2.24) is 5.32 Å². The fourth-order valence-corrected chi connectivity index (χ4v) is 2.61. The normalized spacial score (nSPS) is 20.6. The molecule has 21 heavy (non-hydrogen) atoms. The number of anilines is 1. The Labute approximate surface area is 126 Å². The van der Waals surface area contributed by atoms with Crippen LogP contribution in [0.3, 0.4) is 0 Å². The fourth-order valence-electron chi connectivity index (χ4n) is 2.45. The minimum Gasteiger partial charge on any atom is -0.481 e. The van der Waals surface area contributed by atoms with Crippen molar-refractivity contribution in [2.24, 2.45) is 5.92 Å². The van der Waals surface area contributed by atoms with Crippen LogP contribution in [-0.2, 0) is 4.79 Å². The molecule has 0 saturated heterocycles. The topological polar surface area (TPSA) is 102 Å². The Morgan fingerprint density at radius 3 is 2.81 bits per heavy atom. The largest absolute Gasteiger partial charge is 0.481 e. The number of amides is 2. The highest BCUT2D eigenvalue weighted by molar-refractivity contribution is 6.33. The smallest absolute Gasteiger partial charge is 0.319 e. The number of urea groups is 1. The second kappa shape index (κ2) is 6.46. The van der Waals surface area contributed by atoms with E-state index in [1.165, 1.54) is 12.1 Å². The van der Waals surface area contributed by atoms with E-state index < -0.39 is 17.9 Å². The minimum atomic E-state index is -0.901. The number of rotatable bonds is 3. The average Bonchev–Trinajstić information content (AvgIpc) is 2.89. The summed E-state index contributed by atoms with van der Waals surface area (Å²) in [5, 5.41) is 23.4. The highest BCUT2D eigenvalue weighted by Gasteiger charge is 2.33. The predicted octanol–water partition coefficient (Wildman–Crippen LogP) is 2.59. The summed E-state index contributed by atoms with van der Waals surface area (Å²) in [7, 11) is 0. The number of aliphatic carboxylic acids is 1.